The first-order valence-corrected chi connectivity index (χ1v) is 7.31. The van der Waals surface area contributed by atoms with Gasteiger partial charge in [-0.05, 0) is 23.1 Å². The number of hydrogen-bond donors (Lipinski definition) is 1. The molecule has 1 aromatic carbocycles. The van der Waals surface area contributed by atoms with E-state index in [1.165, 1.54) is 17.4 Å². The van der Waals surface area contributed by atoms with Crippen LogP contribution in [0.15, 0.2) is 53.9 Å². The molecule has 2 rings (SSSR count). The summed E-state index contributed by atoms with van der Waals surface area (Å²) < 4.78 is 4.86. The van der Waals surface area contributed by atoms with Crippen LogP contribution in [-0.4, -0.2) is 18.5 Å². The Balaban J connectivity index is 1.68. The number of carbonyl (C=O) groups is 2. The zero-order valence-electron chi connectivity index (χ0n) is 11.3. The highest BCUT2D eigenvalue weighted by Crippen LogP contribution is 2.10. The van der Waals surface area contributed by atoms with Crippen molar-refractivity contribution in [3.63, 3.8) is 0 Å². The summed E-state index contributed by atoms with van der Waals surface area (Å²) in [5.41, 5.74) is 0.995. The molecular formula is C16H15NO3S. The van der Waals surface area contributed by atoms with Gasteiger partial charge in [0, 0.05) is 17.5 Å². The van der Waals surface area contributed by atoms with Crippen LogP contribution in [0.5, 0.6) is 0 Å². The summed E-state index contributed by atoms with van der Waals surface area (Å²) in [6.45, 7) is 0.142. The van der Waals surface area contributed by atoms with Gasteiger partial charge < -0.3 is 10.1 Å². The Morgan fingerprint density at radius 2 is 1.95 bits per heavy atom. The minimum atomic E-state index is -0.529. The second kappa shape index (κ2) is 8.01. The Labute approximate surface area is 127 Å². The molecule has 1 aromatic heterocycles. The Bertz CT molecular complexity index is 606. The number of carbonyl (C=O) groups excluding carboxylic acids is 2. The number of hydrogen-bond acceptors (Lipinski definition) is 4. The molecule has 0 unspecified atom stereocenters. The van der Waals surface area contributed by atoms with E-state index in [4.69, 9.17) is 4.74 Å². The van der Waals surface area contributed by atoms with Crippen LogP contribution in [0.4, 0.5) is 0 Å². The topological polar surface area (TPSA) is 55.4 Å². The van der Waals surface area contributed by atoms with E-state index in [2.05, 4.69) is 5.32 Å². The van der Waals surface area contributed by atoms with Crippen molar-refractivity contribution in [1.29, 1.82) is 0 Å². The zero-order chi connectivity index (χ0) is 14.9. The molecule has 2 aromatic rings. The van der Waals surface area contributed by atoms with E-state index < -0.39 is 5.97 Å². The van der Waals surface area contributed by atoms with Crippen LogP contribution in [0.25, 0.3) is 6.08 Å². The fraction of sp³-hybridized carbons (Fsp3) is 0.125. The molecule has 0 fully saturated rings. The van der Waals surface area contributed by atoms with Crippen molar-refractivity contribution in [3.05, 3.63) is 64.4 Å². The molecular weight excluding hydrogens is 286 g/mol. The second-order valence-electron chi connectivity index (χ2n) is 4.22. The SMILES string of the molecule is O=C(COC(=O)/C=C/c1cccs1)NCc1ccccc1. The van der Waals surface area contributed by atoms with E-state index >= 15 is 0 Å². The van der Waals surface area contributed by atoms with E-state index in [0.717, 1.165) is 10.4 Å². The molecule has 5 heteroatoms. The maximum absolute atomic E-state index is 11.5. The highest BCUT2D eigenvalue weighted by atomic mass is 32.1. The second-order valence-corrected chi connectivity index (χ2v) is 5.20. The third-order valence-electron chi connectivity index (χ3n) is 2.60. The fourth-order valence-electron chi connectivity index (χ4n) is 1.57. The van der Waals surface area contributed by atoms with Crippen molar-refractivity contribution in [2.24, 2.45) is 0 Å². The van der Waals surface area contributed by atoms with Crippen molar-refractivity contribution in [2.45, 2.75) is 6.54 Å². The van der Waals surface area contributed by atoms with Gasteiger partial charge in [0.15, 0.2) is 6.61 Å². The highest BCUT2D eigenvalue weighted by molar-refractivity contribution is 7.10. The molecule has 0 radical (unpaired) electrons. The van der Waals surface area contributed by atoms with Crippen molar-refractivity contribution in [1.82, 2.24) is 5.32 Å². The molecule has 0 saturated carbocycles. The predicted molar refractivity (Wildman–Crippen MR) is 82.6 cm³/mol. The quantitative estimate of drug-likeness (QED) is 0.659. The average molecular weight is 301 g/mol. The van der Waals surface area contributed by atoms with Gasteiger partial charge >= 0.3 is 5.97 Å². The summed E-state index contributed by atoms with van der Waals surface area (Å²) in [5.74, 6) is -0.852. The first kappa shape index (κ1) is 15.0. The largest absolute Gasteiger partial charge is 0.452 e. The van der Waals surface area contributed by atoms with Crippen molar-refractivity contribution >= 4 is 29.3 Å². The lowest BCUT2D eigenvalue weighted by molar-refractivity contribution is -0.143. The number of nitrogens with one attached hydrogen (secondary N) is 1. The Kier molecular flexibility index (Phi) is 5.72. The summed E-state index contributed by atoms with van der Waals surface area (Å²) in [4.78, 5) is 23.9. The summed E-state index contributed by atoms with van der Waals surface area (Å²) in [5, 5.41) is 4.60. The van der Waals surface area contributed by atoms with Gasteiger partial charge in [-0.2, -0.15) is 0 Å². The molecule has 21 heavy (non-hydrogen) atoms. The number of amides is 1. The third kappa shape index (κ3) is 5.62. The monoisotopic (exact) mass is 301 g/mol. The van der Waals surface area contributed by atoms with Gasteiger partial charge in [0.25, 0.3) is 5.91 Å². The number of benzene rings is 1. The molecule has 0 saturated heterocycles. The number of ether oxygens (including phenoxy) is 1. The maximum atomic E-state index is 11.5. The van der Waals surface area contributed by atoms with E-state index in [-0.39, 0.29) is 12.5 Å². The molecule has 0 atom stereocenters. The van der Waals surface area contributed by atoms with Crippen LogP contribution in [0, 0.1) is 0 Å². The third-order valence-corrected chi connectivity index (χ3v) is 3.44. The molecule has 1 heterocycles. The van der Waals surface area contributed by atoms with Gasteiger partial charge in [-0.15, -0.1) is 11.3 Å². The molecule has 1 amide bonds. The van der Waals surface area contributed by atoms with Gasteiger partial charge in [-0.3, -0.25) is 4.79 Å². The lowest BCUT2D eigenvalue weighted by Gasteiger charge is -2.05. The molecule has 108 valence electrons. The molecule has 0 aliphatic rings. The van der Waals surface area contributed by atoms with Crippen molar-refractivity contribution in [3.8, 4) is 0 Å². The predicted octanol–water partition coefficient (Wildman–Crippen LogP) is 2.62. The molecule has 0 spiro atoms. The zero-order valence-corrected chi connectivity index (χ0v) is 12.1. The van der Waals surface area contributed by atoms with Crippen LogP contribution in [0.2, 0.25) is 0 Å². The number of rotatable bonds is 6. The van der Waals surface area contributed by atoms with Crippen molar-refractivity contribution in [2.75, 3.05) is 6.61 Å². The van der Waals surface area contributed by atoms with Gasteiger partial charge in [0.1, 0.15) is 0 Å². The Morgan fingerprint density at radius 3 is 2.67 bits per heavy atom. The normalized spacial score (nSPS) is 10.5. The lowest BCUT2D eigenvalue weighted by Crippen LogP contribution is -2.28. The summed E-state index contributed by atoms with van der Waals surface area (Å²) in [6.07, 6.45) is 2.98. The minimum Gasteiger partial charge on any atom is -0.452 e. The van der Waals surface area contributed by atoms with E-state index in [1.807, 2.05) is 47.8 Å². The first-order valence-electron chi connectivity index (χ1n) is 6.43. The van der Waals surface area contributed by atoms with Crippen LogP contribution in [0.3, 0.4) is 0 Å². The molecule has 4 nitrogen and oxygen atoms in total. The van der Waals surface area contributed by atoms with E-state index in [1.54, 1.807) is 6.08 Å². The lowest BCUT2D eigenvalue weighted by atomic mass is 10.2. The fourth-order valence-corrected chi connectivity index (χ4v) is 2.19. The maximum Gasteiger partial charge on any atom is 0.331 e. The van der Waals surface area contributed by atoms with E-state index in [0.29, 0.717) is 6.54 Å². The van der Waals surface area contributed by atoms with E-state index in [9.17, 15) is 9.59 Å². The standard InChI is InChI=1S/C16H15NO3S/c18-15(17-11-13-5-2-1-3-6-13)12-20-16(19)9-8-14-7-4-10-21-14/h1-10H,11-12H2,(H,17,18)/b9-8+. The van der Waals surface area contributed by atoms with Gasteiger partial charge in [-0.25, -0.2) is 4.79 Å². The van der Waals surface area contributed by atoms with Crippen LogP contribution in [-0.2, 0) is 20.9 Å². The van der Waals surface area contributed by atoms with Gasteiger partial charge in [0.2, 0.25) is 0 Å². The number of esters is 1. The van der Waals surface area contributed by atoms with Gasteiger partial charge in [0.05, 0.1) is 0 Å². The van der Waals surface area contributed by atoms with Crippen LogP contribution >= 0.6 is 11.3 Å². The minimum absolute atomic E-state index is 0.277. The molecule has 0 aliphatic carbocycles. The average Bonchev–Trinajstić information content (AvgIpc) is 3.03. The smallest absolute Gasteiger partial charge is 0.331 e. The summed E-state index contributed by atoms with van der Waals surface area (Å²) in [6, 6.07) is 13.3. The molecule has 1 N–H and O–H groups in total. The van der Waals surface area contributed by atoms with Crippen molar-refractivity contribution < 1.29 is 14.3 Å². The van der Waals surface area contributed by atoms with Crippen LogP contribution < -0.4 is 5.32 Å². The Morgan fingerprint density at radius 1 is 1.14 bits per heavy atom. The number of thiophene rings is 1. The highest BCUT2D eigenvalue weighted by Gasteiger charge is 2.04. The van der Waals surface area contributed by atoms with Gasteiger partial charge in [-0.1, -0.05) is 36.4 Å². The first-order chi connectivity index (χ1) is 10.2. The summed E-state index contributed by atoms with van der Waals surface area (Å²) in [7, 11) is 0. The Hall–Kier alpha value is -2.40. The van der Waals surface area contributed by atoms with Crippen LogP contribution in [0.1, 0.15) is 10.4 Å². The molecule has 0 aliphatic heterocycles. The summed E-state index contributed by atoms with van der Waals surface area (Å²) >= 11 is 1.52. The molecule has 0 bridgehead atoms.